The standard InChI is InChI=1S/C17H17N3O2/c1-4-5-16-19-18-11-10-12(2)17(22)20(16)15-8-6-14(7-9-15)13(3)21/h6-9,18H,2,10-11H2,1,3H3/b19-16-. The molecule has 0 fully saturated rings. The molecule has 1 aliphatic rings. The predicted octanol–water partition coefficient (Wildman–Crippen LogP) is 2.11. The van der Waals surface area contributed by atoms with E-state index in [1.807, 2.05) is 0 Å². The SMILES string of the molecule is C=C1CCN/N=C(/C#CC)N(c2ccc(C(C)=O)cc2)C1=O. The predicted molar refractivity (Wildman–Crippen MR) is 86.6 cm³/mol. The van der Waals surface area contributed by atoms with Gasteiger partial charge in [-0.3, -0.25) is 14.5 Å². The molecule has 1 heterocycles. The molecular formula is C17H17N3O2. The van der Waals surface area contributed by atoms with Crippen LogP contribution in [0.15, 0.2) is 41.5 Å². The summed E-state index contributed by atoms with van der Waals surface area (Å²) < 4.78 is 0. The van der Waals surface area contributed by atoms with Crippen LogP contribution < -0.4 is 10.3 Å². The monoisotopic (exact) mass is 295 g/mol. The molecule has 1 amide bonds. The van der Waals surface area contributed by atoms with Gasteiger partial charge in [-0.2, -0.15) is 5.10 Å². The third-order valence-corrected chi connectivity index (χ3v) is 3.21. The minimum atomic E-state index is -0.237. The third kappa shape index (κ3) is 3.23. The second kappa shape index (κ2) is 6.72. The highest BCUT2D eigenvalue weighted by molar-refractivity contribution is 6.27. The summed E-state index contributed by atoms with van der Waals surface area (Å²) in [6, 6.07) is 6.76. The number of benzene rings is 1. The molecule has 1 aromatic carbocycles. The van der Waals surface area contributed by atoms with Gasteiger partial charge in [-0.05, 0) is 50.5 Å². The smallest absolute Gasteiger partial charge is 0.259 e. The molecule has 112 valence electrons. The third-order valence-electron chi connectivity index (χ3n) is 3.21. The molecule has 0 atom stereocenters. The van der Waals surface area contributed by atoms with E-state index in [0.717, 1.165) is 0 Å². The number of Topliss-reactive ketones (excluding diaryl/α,β-unsaturated/α-hetero) is 1. The van der Waals surface area contributed by atoms with Gasteiger partial charge in [-0.1, -0.05) is 12.5 Å². The van der Waals surface area contributed by atoms with Crippen molar-refractivity contribution in [3.05, 3.63) is 42.0 Å². The molecule has 2 rings (SSSR count). The van der Waals surface area contributed by atoms with E-state index in [4.69, 9.17) is 0 Å². The van der Waals surface area contributed by atoms with Gasteiger partial charge in [0.2, 0.25) is 5.84 Å². The molecule has 0 aliphatic carbocycles. The fourth-order valence-corrected chi connectivity index (χ4v) is 2.03. The Morgan fingerprint density at radius 3 is 2.64 bits per heavy atom. The second-order valence-corrected chi connectivity index (χ2v) is 4.82. The Kier molecular flexibility index (Phi) is 4.74. The van der Waals surface area contributed by atoms with Crippen LogP contribution >= 0.6 is 0 Å². The Labute approximate surface area is 129 Å². The number of carbonyl (C=O) groups excluding carboxylic acids is 2. The molecule has 0 radical (unpaired) electrons. The molecule has 5 heteroatoms. The van der Waals surface area contributed by atoms with E-state index >= 15 is 0 Å². The van der Waals surface area contributed by atoms with E-state index in [-0.39, 0.29) is 11.7 Å². The molecule has 0 unspecified atom stereocenters. The molecule has 1 N–H and O–H groups in total. The summed E-state index contributed by atoms with van der Waals surface area (Å²) in [5, 5.41) is 4.16. The average Bonchev–Trinajstić information content (AvgIpc) is 2.50. The largest absolute Gasteiger partial charge is 0.307 e. The minimum Gasteiger partial charge on any atom is -0.307 e. The lowest BCUT2D eigenvalue weighted by Crippen LogP contribution is -2.40. The van der Waals surface area contributed by atoms with Gasteiger partial charge in [0.25, 0.3) is 5.91 Å². The van der Waals surface area contributed by atoms with Crippen LogP contribution in [0.4, 0.5) is 5.69 Å². The van der Waals surface area contributed by atoms with Gasteiger partial charge in [0, 0.05) is 17.7 Å². The Balaban J connectivity index is 2.49. The lowest BCUT2D eigenvalue weighted by Gasteiger charge is -2.24. The van der Waals surface area contributed by atoms with Crippen molar-refractivity contribution in [3.8, 4) is 11.8 Å². The van der Waals surface area contributed by atoms with Crippen molar-refractivity contribution in [2.45, 2.75) is 20.3 Å². The number of amidine groups is 1. The minimum absolute atomic E-state index is 0.0288. The van der Waals surface area contributed by atoms with Gasteiger partial charge in [0.15, 0.2) is 5.78 Å². The lowest BCUT2D eigenvalue weighted by molar-refractivity contribution is -0.114. The van der Waals surface area contributed by atoms with Crippen molar-refractivity contribution in [2.75, 3.05) is 11.4 Å². The van der Waals surface area contributed by atoms with Crippen LogP contribution in [0.5, 0.6) is 0 Å². The van der Waals surface area contributed by atoms with Crippen LogP contribution in [-0.2, 0) is 4.79 Å². The number of anilines is 1. The van der Waals surface area contributed by atoms with Gasteiger partial charge in [0.05, 0.1) is 5.69 Å². The van der Waals surface area contributed by atoms with E-state index < -0.39 is 0 Å². The molecule has 5 nitrogen and oxygen atoms in total. The number of hydrogen-bond donors (Lipinski definition) is 1. The summed E-state index contributed by atoms with van der Waals surface area (Å²) in [5.41, 5.74) is 4.54. The van der Waals surface area contributed by atoms with E-state index in [9.17, 15) is 9.59 Å². The topological polar surface area (TPSA) is 61.8 Å². The summed E-state index contributed by atoms with van der Waals surface area (Å²) in [6.45, 7) is 7.54. The van der Waals surface area contributed by atoms with Crippen molar-refractivity contribution in [1.29, 1.82) is 0 Å². The zero-order chi connectivity index (χ0) is 16.1. The Hall–Kier alpha value is -2.87. The normalized spacial score (nSPS) is 17.4. The molecule has 0 aromatic heterocycles. The van der Waals surface area contributed by atoms with Crippen LogP contribution in [-0.4, -0.2) is 24.1 Å². The van der Waals surface area contributed by atoms with E-state index in [2.05, 4.69) is 28.9 Å². The van der Waals surface area contributed by atoms with E-state index in [0.29, 0.717) is 35.6 Å². The van der Waals surface area contributed by atoms with Crippen LogP contribution in [0.1, 0.15) is 30.6 Å². The molecule has 0 saturated heterocycles. The lowest BCUT2D eigenvalue weighted by atomic mass is 10.1. The maximum absolute atomic E-state index is 12.6. The molecule has 22 heavy (non-hydrogen) atoms. The first-order valence-electron chi connectivity index (χ1n) is 6.91. The van der Waals surface area contributed by atoms with Gasteiger partial charge < -0.3 is 5.43 Å². The van der Waals surface area contributed by atoms with Gasteiger partial charge in [0.1, 0.15) is 0 Å². The highest BCUT2D eigenvalue weighted by atomic mass is 16.2. The maximum atomic E-state index is 12.6. The molecule has 1 aromatic rings. The maximum Gasteiger partial charge on any atom is 0.259 e. The van der Waals surface area contributed by atoms with Crippen molar-refractivity contribution < 1.29 is 9.59 Å². The quantitative estimate of drug-likeness (QED) is 0.516. The fourth-order valence-electron chi connectivity index (χ4n) is 2.03. The summed E-state index contributed by atoms with van der Waals surface area (Å²) >= 11 is 0. The zero-order valence-electron chi connectivity index (χ0n) is 12.6. The summed E-state index contributed by atoms with van der Waals surface area (Å²) in [4.78, 5) is 25.4. The first kappa shape index (κ1) is 15.5. The number of nitrogens with zero attached hydrogens (tertiary/aromatic N) is 2. The summed E-state index contributed by atoms with van der Waals surface area (Å²) in [5.74, 6) is 5.62. The summed E-state index contributed by atoms with van der Waals surface area (Å²) in [7, 11) is 0. The molecule has 1 aliphatic heterocycles. The number of hydrogen-bond acceptors (Lipinski definition) is 4. The van der Waals surface area contributed by atoms with Crippen LogP contribution in [0.2, 0.25) is 0 Å². The Morgan fingerprint density at radius 1 is 1.36 bits per heavy atom. The first-order chi connectivity index (χ1) is 10.5. The highest BCUT2D eigenvalue weighted by Gasteiger charge is 2.24. The van der Waals surface area contributed by atoms with E-state index in [1.54, 1.807) is 31.2 Å². The number of amides is 1. The zero-order valence-corrected chi connectivity index (χ0v) is 12.6. The van der Waals surface area contributed by atoms with Gasteiger partial charge >= 0.3 is 0 Å². The molecule has 0 saturated carbocycles. The van der Waals surface area contributed by atoms with E-state index in [1.165, 1.54) is 11.8 Å². The van der Waals surface area contributed by atoms with Crippen molar-refractivity contribution in [2.24, 2.45) is 5.10 Å². The van der Waals surface area contributed by atoms with Crippen LogP contribution in [0, 0.1) is 11.8 Å². The number of rotatable bonds is 2. The highest BCUT2D eigenvalue weighted by Crippen LogP contribution is 2.20. The van der Waals surface area contributed by atoms with Crippen LogP contribution in [0.25, 0.3) is 0 Å². The van der Waals surface area contributed by atoms with Crippen molar-refractivity contribution >= 4 is 23.2 Å². The fraction of sp³-hybridized carbons (Fsp3) is 0.235. The van der Waals surface area contributed by atoms with Crippen molar-refractivity contribution in [1.82, 2.24) is 5.43 Å². The first-order valence-corrected chi connectivity index (χ1v) is 6.91. The Bertz CT molecular complexity index is 706. The number of nitrogens with one attached hydrogen (secondary N) is 1. The number of carbonyl (C=O) groups is 2. The second-order valence-electron chi connectivity index (χ2n) is 4.82. The van der Waals surface area contributed by atoms with Gasteiger partial charge in [-0.15, -0.1) is 0 Å². The summed E-state index contributed by atoms with van der Waals surface area (Å²) in [6.07, 6.45) is 0.511. The number of hydrazone groups is 1. The van der Waals surface area contributed by atoms with Crippen molar-refractivity contribution in [3.63, 3.8) is 0 Å². The average molecular weight is 295 g/mol. The molecule has 0 spiro atoms. The van der Waals surface area contributed by atoms with Crippen LogP contribution in [0.3, 0.4) is 0 Å². The Morgan fingerprint density at radius 2 is 2.05 bits per heavy atom. The molecular weight excluding hydrogens is 278 g/mol. The van der Waals surface area contributed by atoms with Gasteiger partial charge in [-0.25, -0.2) is 0 Å². The number of ketones is 1. The molecule has 0 bridgehead atoms.